The lowest BCUT2D eigenvalue weighted by Gasteiger charge is -2.21. The predicted molar refractivity (Wildman–Crippen MR) is 104 cm³/mol. The van der Waals surface area contributed by atoms with Crippen molar-refractivity contribution in [1.29, 1.82) is 0 Å². The molecule has 0 amide bonds. The third-order valence-electron chi connectivity index (χ3n) is 4.72. The molecule has 0 spiro atoms. The normalized spacial score (nSPS) is 16.0. The number of thioether (sulfide) groups is 1. The second-order valence-corrected chi connectivity index (χ2v) is 9.88. The van der Waals surface area contributed by atoms with Crippen LogP contribution in [0.4, 0.5) is 0 Å². The fourth-order valence-corrected chi connectivity index (χ4v) is 5.90. The molecule has 0 unspecified atom stereocenters. The molecule has 3 rings (SSSR count). The van der Waals surface area contributed by atoms with Crippen molar-refractivity contribution in [2.75, 3.05) is 11.5 Å². The number of aromatic nitrogens is 1. The standard InChI is InChI=1S/C20H25NO2S2/c22-25(23,16-17-6-2-1-3-7-17)20-11-9-19(10-12-20)24-15-13-18-8-4-5-14-21-18/h4-5,8-12,14,17H,1-3,6-7,13,15-16H2. The molecule has 0 radical (unpaired) electrons. The van der Waals surface area contributed by atoms with Gasteiger partial charge >= 0.3 is 0 Å². The molecule has 0 aliphatic heterocycles. The number of rotatable bonds is 7. The summed E-state index contributed by atoms with van der Waals surface area (Å²) in [4.78, 5) is 5.89. The monoisotopic (exact) mass is 375 g/mol. The number of hydrogen-bond acceptors (Lipinski definition) is 4. The maximum atomic E-state index is 12.6. The van der Waals surface area contributed by atoms with Crippen molar-refractivity contribution in [2.45, 2.75) is 48.3 Å². The number of benzene rings is 1. The molecule has 1 aromatic carbocycles. The third-order valence-corrected chi connectivity index (χ3v) is 7.63. The molecule has 1 aliphatic carbocycles. The Labute approximate surface area is 155 Å². The van der Waals surface area contributed by atoms with Crippen molar-refractivity contribution in [3.63, 3.8) is 0 Å². The van der Waals surface area contributed by atoms with Gasteiger partial charge in [0.15, 0.2) is 9.84 Å². The van der Waals surface area contributed by atoms with Crippen molar-refractivity contribution < 1.29 is 8.42 Å². The van der Waals surface area contributed by atoms with E-state index in [9.17, 15) is 8.42 Å². The molecular formula is C20H25NO2S2. The van der Waals surface area contributed by atoms with Gasteiger partial charge in [-0.3, -0.25) is 4.98 Å². The molecule has 1 fully saturated rings. The lowest BCUT2D eigenvalue weighted by Crippen LogP contribution is -2.18. The van der Waals surface area contributed by atoms with Gasteiger partial charge in [-0.15, -0.1) is 11.8 Å². The summed E-state index contributed by atoms with van der Waals surface area (Å²) in [6.07, 6.45) is 8.43. The molecule has 1 saturated carbocycles. The highest BCUT2D eigenvalue weighted by Crippen LogP contribution is 2.28. The largest absolute Gasteiger partial charge is 0.261 e. The first-order valence-corrected chi connectivity index (χ1v) is 11.6. The fourth-order valence-electron chi connectivity index (χ4n) is 3.32. The Bertz CT molecular complexity index is 752. The number of nitrogens with zero attached hydrogens (tertiary/aromatic N) is 1. The predicted octanol–water partition coefficient (Wildman–Crippen LogP) is 4.77. The van der Waals surface area contributed by atoms with E-state index < -0.39 is 9.84 Å². The molecule has 1 aromatic heterocycles. The van der Waals surface area contributed by atoms with E-state index in [0.29, 0.717) is 16.6 Å². The van der Waals surface area contributed by atoms with E-state index in [1.807, 2.05) is 36.5 Å². The van der Waals surface area contributed by atoms with Crippen LogP contribution in [0, 0.1) is 5.92 Å². The SMILES string of the molecule is O=S(=O)(CC1CCCCC1)c1ccc(SCCc2ccccn2)cc1. The van der Waals surface area contributed by atoms with Gasteiger partial charge in [-0.1, -0.05) is 25.3 Å². The van der Waals surface area contributed by atoms with Crippen LogP contribution in [0.3, 0.4) is 0 Å². The van der Waals surface area contributed by atoms with Gasteiger partial charge in [-0.05, 0) is 61.6 Å². The van der Waals surface area contributed by atoms with Crippen LogP contribution in [0.15, 0.2) is 58.5 Å². The highest BCUT2D eigenvalue weighted by Gasteiger charge is 2.22. The third kappa shape index (κ3) is 5.58. The van der Waals surface area contributed by atoms with Crippen molar-refractivity contribution in [1.82, 2.24) is 4.98 Å². The lowest BCUT2D eigenvalue weighted by molar-refractivity contribution is 0.385. The smallest absolute Gasteiger partial charge is 0.178 e. The quantitative estimate of drug-likeness (QED) is 0.654. The molecule has 1 aliphatic rings. The Kier molecular flexibility index (Phi) is 6.54. The zero-order chi connectivity index (χ0) is 17.5. The summed E-state index contributed by atoms with van der Waals surface area (Å²) in [5.74, 6) is 1.58. The zero-order valence-corrected chi connectivity index (χ0v) is 16.1. The average Bonchev–Trinajstić information content (AvgIpc) is 2.64. The van der Waals surface area contributed by atoms with Crippen molar-refractivity contribution in [2.24, 2.45) is 5.92 Å². The van der Waals surface area contributed by atoms with E-state index in [-0.39, 0.29) is 0 Å². The van der Waals surface area contributed by atoms with Gasteiger partial charge in [0.25, 0.3) is 0 Å². The Morgan fingerprint density at radius 3 is 2.44 bits per heavy atom. The number of sulfone groups is 1. The van der Waals surface area contributed by atoms with E-state index >= 15 is 0 Å². The van der Waals surface area contributed by atoms with Gasteiger partial charge in [-0.2, -0.15) is 0 Å². The van der Waals surface area contributed by atoms with Crippen LogP contribution >= 0.6 is 11.8 Å². The average molecular weight is 376 g/mol. The van der Waals surface area contributed by atoms with Crippen LogP contribution < -0.4 is 0 Å². The minimum atomic E-state index is -3.16. The first-order chi connectivity index (χ1) is 12.1. The highest BCUT2D eigenvalue weighted by molar-refractivity contribution is 7.99. The van der Waals surface area contributed by atoms with Crippen molar-refractivity contribution >= 4 is 21.6 Å². The molecule has 2 aromatic rings. The van der Waals surface area contributed by atoms with Crippen LogP contribution in [0.2, 0.25) is 0 Å². The maximum Gasteiger partial charge on any atom is 0.178 e. The summed E-state index contributed by atoms with van der Waals surface area (Å²) in [7, 11) is -3.16. The van der Waals surface area contributed by atoms with E-state index in [2.05, 4.69) is 4.98 Å². The van der Waals surface area contributed by atoms with Crippen LogP contribution in [0.1, 0.15) is 37.8 Å². The molecule has 134 valence electrons. The van der Waals surface area contributed by atoms with Gasteiger partial charge in [-0.25, -0.2) is 8.42 Å². The van der Waals surface area contributed by atoms with Crippen LogP contribution in [0.5, 0.6) is 0 Å². The molecule has 0 N–H and O–H groups in total. The zero-order valence-electron chi connectivity index (χ0n) is 14.4. The molecule has 25 heavy (non-hydrogen) atoms. The Morgan fingerprint density at radius 2 is 1.76 bits per heavy atom. The minimum Gasteiger partial charge on any atom is -0.261 e. The molecule has 5 heteroatoms. The van der Waals surface area contributed by atoms with Crippen LogP contribution in [0.25, 0.3) is 0 Å². The highest BCUT2D eigenvalue weighted by atomic mass is 32.2. The van der Waals surface area contributed by atoms with Crippen LogP contribution in [-0.4, -0.2) is 24.9 Å². The van der Waals surface area contributed by atoms with Crippen molar-refractivity contribution in [3.8, 4) is 0 Å². The van der Waals surface area contributed by atoms with Gasteiger partial charge in [0.2, 0.25) is 0 Å². The number of aryl methyl sites for hydroxylation is 1. The topological polar surface area (TPSA) is 47.0 Å². The fraction of sp³-hybridized carbons (Fsp3) is 0.450. The second-order valence-electron chi connectivity index (χ2n) is 6.68. The Morgan fingerprint density at radius 1 is 1.00 bits per heavy atom. The summed E-state index contributed by atoms with van der Waals surface area (Å²) in [6, 6.07) is 13.3. The molecule has 0 atom stereocenters. The molecule has 0 saturated heterocycles. The Balaban J connectivity index is 1.54. The van der Waals surface area contributed by atoms with E-state index in [4.69, 9.17) is 0 Å². The van der Waals surface area contributed by atoms with Gasteiger partial charge in [0.05, 0.1) is 10.6 Å². The first kappa shape index (κ1) is 18.5. The lowest BCUT2D eigenvalue weighted by atomic mass is 9.91. The number of hydrogen-bond donors (Lipinski definition) is 0. The van der Waals surface area contributed by atoms with E-state index in [1.165, 1.54) is 19.3 Å². The van der Waals surface area contributed by atoms with Gasteiger partial charge in [0.1, 0.15) is 0 Å². The van der Waals surface area contributed by atoms with Crippen LogP contribution in [-0.2, 0) is 16.3 Å². The van der Waals surface area contributed by atoms with E-state index in [1.54, 1.807) is 23.9 Å². The molecular weight excluding hydrogens is 350 g/mol. The molecule has 1 heterocycles. The van der Waals surface area contributed by atoms with Gasteiger partial charge < -0.3 is 0 Å². The maximum absolute atomic E-state index is 12.6. The summed E-state index contributed by atoms with van der Waals surface area (Å²) in [5.41, 5.74) is 1.08. The van der Waals surface area contributed by atoms with Gasteiger partial charge in [0, 0.05) is 22.5 Å². The second kappa shape index (κ2) is 8.86. The summed E-state index contributed by atoms with van der Waals surface area (Å²) in [6.45, 7) is 0. The first-order valence-electron chi connectivity index (χ1n) is 8.99. The molecule has 3 nitrogen and oxygen atoms in total. The van der Waals surface area contributed by atoms with Crippen molar-refractivity contribution in [3.05, 3.63) is 54.4 Å². The summed E-state index contributed by atoms with van der Waals surface area (Å²) >= 11 is 1.74. The van der Waals surface area contributed by atoms with E-state index in [0.717, 1.165) is 35.6 Å². The number of pyridine rings is 1. The summed E-state index contributed by atoms with van der Waals surface area (Å²) < 4.78 is 25.2. The summed E-state index contributed by atoms with van der Waals surface area (Å²) in [5, 5.41) is 0. The minimum absolute atomic E-state index is 0.305. The Hall–Kier alpha value is -1.33. The molecule has 0 bridgehead atoms.